The van der Waals surface area contributed by atoms with Gasteiger partial charge < -0.3 is 24.4 Å². The molecule has 0 saturated carbocycles. The SMILES string of the molecule is CCOC(C[C@H](OC(=O)c1ccc(C)cc1)[C@H](O)CO)OCC. The average Bonchev–Trinajstić information content (AvgIpc) is 2.54. The smallest absolute Gasteiger partial charge is 0.338 e. The van der Waals surface area contributed by atoms with Gasteiger partial charge in [0.05, 0.1) is 12.2 Å². The molecule has 0 aliphatic carbocycles. The van der Waals surface area contributed by atoms with Crippen molar-refractivity contribution in [2.75, 3.05) is 19.8 Å². The Labute approximate surface area is 137 Å². The summed E-state index contributed by atoms with van der Waals surface area (Å²) < 4.78 is 16.2. The molecule has 0 saturated heterocycles. The highest BCUT2D eigenvalue weighted by Crippen LogP contribution is 2.15. The van der Waals surface area contributed by atoms with E-state index in [0.717, 1.165) is 5.56 Å². The minimum atomic E-state index is -1.20. The van der Waals surface area contributed by atoms with Crippen molar-refractivity contribution in [2.24, 2.45) is 0 Å². The highest BCUT2D eigenvalue weighted by atomic mass is 16.7. The van der Waals surface area contributed by atoms with Gasteiger partial charge in [0.15, 0.2) is 6.29 Å². The van der Waals surface area contributed by atoms with Crippen molar-refractivity contribution in [2.45, 2.75) is 45.7 Å². The zero-order chi connectivity index (χ0) is 17.2. The fourth-order valence-electron chi connectivity index (χ4n) is 2.04. The van der Waals surface area contributed by atoms with Gasteiger partial charge >= 0.3 is 5.97 Å². The lowest BCUT2D eigenvalue weighted by Gasteiger charge is -2.26. The molecule has 0 bridgehead atoms. The number of hydrogen-bond donors (Lipinski definition) is 2. The number of esters is 1. The number of ether oxygens (including phenoxy) is 3. The Kier molecular flexibility index (Phi) is 8.79. The minimum absolute atomic E-state index is 0.140. The van der Waals surface area contributed by atoms with Crippen LogP contribution in [0.1, 0.15) is 36.2 Å². The van der Waals surface area contributed by atoms with Crippen molar-refractivity contribution in [3.05, 3.63) is 35.4 Å². The summed E-state index contributed by atoms with van der Waals surface area (Å²) in [7, 11) is 0. The van der Waals surface area contributed by atoms with Gasteiger partial charge in [0.25, 0.3) is 0 Å². The Morgan fingerprint density at radius 2 is 1.70 bits per heavy atom. The van der Waals surface area contributed by atoms with Crippen molar-refractivity contribution in [3.8, 4) is 0 Å². The second-order valence-corrected chi connectivity index (χ2v) is 5.14. The monoisotopic (exact) mass is 326 g/mol. The third-order valence-electron chi connectivity index (χ3n) is 3.29. The van der Waals surface area contributed by atoms with Crippen LogP contribution in [0, 0.1) is 6.92 Å². The lowest BCUT2D eigenvalue weighted by molar-refractivity contribution is -0.164. The van der Waals surface area contributed by atoms with Crippen molar-refractivity contribution < 1.29 is 29.2 Å². The maximum absolute atomic E-state index is 12.2. The van der Waals surface area contributed by atoms with Gasteiger partial charge in [-0.1, -0.05) is 17.7 Å². The van der Waals surface area contributed by atoms with Gasteiger partial charge in [0, 0.05) is 19.6 Å². The second-order valence-electron chi connectivity index (χ2n) is 5.14. The second kappa shape index (κ2) is 10.3. The molecule has 0 amide bonds. The van der Waals surface area contributed by atoms with Crippen molar-refractivity contribution in [3.63, 3.8) is 0 Å². The zero-order valence-corrected chi connectivity index (χ0v) is 13.9. The highest BCUT2D eigenvalue weighted by molar-refractivity contribution is 5.89. The molecule has 0 spiro atoms. The van der Waals surface area contributed by atoms with Crippen LogP contribution in [-0.2, 0) is 14.2 Å². The number of hydrogen-bond acceptors (Lipinski definition) is 6. The van der Waals surface area contributed by atoms with Gasteiger partial charge in [-0.15, -0.1) is 0 Å². The quantitative estimate of drug-likeness (QED) is 0.502. The number of aryl methyl sites for hydroxylation is 1. The Morgan fingerprint density at radius 3 is 2.17 bits per heavy atom. The van der Waals surface area contributed by atoms with Crippen LogP contribution in [0.3, 0.4) is 0 Å². The summed E-state index contributed by atoms with van der Waals surface area (Å²) >= 11 is 0. The van der Waals surface area contributed by atoms with E-state index in [9.17, 15) is 15.0 Å². The Bertz CT molecular complexity index is 453. The standard InChI is InChI=1S/C17H26O6/c1-4-21-16(22-5-2)10-15(14(19)11-18)23-17(20)13-8-6-12(3)7-9-13/h6-9,14-16,18-19H,4-5,10-11H2,1-3H3/t14-,15+/m1/s1. The molecule has 6 heteroatoms. The molecule has 2 atom stereocenters. The number of carbonyl (C=O) groups is 1. The lowest BCUT2D eigenvalue weighted by Crippen LogP contribution is -2.38. The van der Waals surface area contributed by atoms with Crippen molar-refractivity contribution in [1.29, 1.82) is 0 Å². The van der Waals surface area contributed by atoms with E-state index in [-0.39, 0.29) is 6.42 Å². The molecule has 0 aromatic heterocycles. The van der Waals surface area contributed by atoms with Gasteiger partial charge in [-0.3, -0.25) is 0 Å². The van der Waals surface area contributed by atoms with Crippen LogP contribution in [0.15, 0.2) is 24.3 Å². The number of rotatable bonds is 10. The van der Waals surface area contributed by atoms with E-state index in [1.54, 1.807) is 24.3 Å². The average molecular weight is 326 g/mol. The first-order valence-electron chi connectivity index (χ1n) is 7.81. The summed E-state index contributed by atoms with van der Waals surface area (Å²) in [6.07, 6.45) is -2.59. The van der Waals surface area contributed by atoms with Crippen LogP contribution in [0.25, 0.3) is 0 Å². The fraction of sp³-hybridized carbons (Fsp3) is 0.588. The first-order chi connectivity index (χ1) is 11.0. The summed E-state index contributed by atoms with van der Waals surface area (Å²) in [5.41, 5.74) is 1.41. The summed E-state index contributed by atoms with van der Waals surface area (Å²) in [5.74, 6) is -0.561. The van der Waals surface area contributed by atoms with E-state index in [2.05, 4.69) is 0 Å². The predicted octanol–water partition coefficient (Wildman–Crippen LogP) is 1.66. The summed E-state index contributed by atoms with van der Waals surface area (Å²) in [4.78, 5) is 12.2. The number of aliphatic hydroxyl groups is 2. The topological polar surface area (TPSA) is 85.2 Å². The van der Waals surface area contributed by atoms with E-state index in [1.165, 1.54) is 0 Å². The molecule has 0 heterocycles. The molecular weight excluding hydrogens is 300 g/mol. The van der Waals surface area contributed by atoms with Gasteiger partial charge in [-0.2, -0.15) is 0 Å². The highest BCUT2D eigenvalue weighted by Gasteiger charge is 2.27. The number of benzene rings is 1. The molecule has 0 aliphatic heterocycles. The number of carbonyl (C=O) groups excluding carboxylic acids is 1. The molecule has 0 radical (unpaired) electrons. The largest absolute Gasteiger partial charge is 0.456 e. The molecule has 23 heavy (non-hydrogen) atoms. The third-order valence-corrected chi connectivity index (χ3v) is 3.29. The maximum atomic E-state index is 12.2. The predicted molar refractivity (Wildman–Crippen MR) is 85.1 cm³/mol. The van der Waals surface area contributed by atoms with Gasteiger partial charge in [0.1, 0.15) is 12.2 Å². The third kappa shape index (κ3) is 6.66. The molecule has 0 aliphatic rings. The van der Waals surface area contributed by atoms with Gasteiger partial charge in [-0.25, -0.2) is 4.79 Å². The van der Waals surface area contributed by atoms with Crippen LogP contribution < -0.4 is 0 Å². The summed E-state index contributed by atoms with van der Waals surface area (Å²) in [5, 5.41) is 19.1. The van der Waals surface area contributed by atoms with E-state index in [4.69, 9.17) is 14.2 Å². The first-order valence-corrected chi connectivity index (χ1v) is 7.81. The molecule has 0 unspecified atom stereocenters. The van der Waals surface area contributed by atoms with E-state index < -0.39 is 31.1 Å². The summed E-state index contributed by atoms with van der Waals surface area (Å²) in [6, 6.07) is 6.92. The Balaban J connectivity index is 2.76. The van der Waals surface area contributed by atoms with Gasteiger partial charge in [-0.05, 0) is 32.9 Å². The van der Waals surface area contributed by atoms with Crippen LogP contribution in [-0.4, -0.2) is 54.5 Å². The van der Waals surface area contributed by atoms with Crippen LogP contribution in [0.4, 0.5) is 0 Å². The van der Waals surface area contributed by atoms with Crippen LogP contribution in [0.5, 0.6) is 0 Å². The van der Waals surface area contributed by atoms with Crippen LogP contribution in [0.2, 0.25) is 0 Å². The van der Waals surface area contributed by atoms with E-state index in [1.807, 2.05) is 20.8 Å². The van der Waals surface area contributed by atoms with E-state index in [0.29, 0.717) is 18.8 Å². The first kappa shape index (κ1) is 19.6. The molecule has 6 nitrogen and oxygen atoms in total. The Morgan fingerprint density at radius 1 is 1.13 bits per heavy atom. The minimum Gasteiger partial charge on any atom is -0.456 e. The molecular formula is C17H26O6. The zero-order valence-electron chi connectivity index (χ0n) is 13.9. The fourth-order valence-corrected chi connectivity index (χ4v) is 2.04. The molecule has 2 N–H and O–H groups in total. The Hall–Kier alpha value is -1.47. The molecule has 130 valence electrons. The van der Waals surface area contributed by atoms with E-state index >= 15 is 0 Å². The molecule has 0 fully saturated rings. The summed E-state index contributed by atoms with van der Waals surface area (Å²) in [6.45, 7) is 5.90. The molecule has 1 rings (SSSR count). The molecule has 1 aromatic rings. The number of aliphatic hydroxyl groups excluding tert-OH is 2. The molecule has 1 aromatic carbocycles. The van der Waals surface area contributed by atoms with Crippen molar-refractivity contribution >= 4 is 5.97 Å². The normalized spacial score (nSPS) is 13.8. The van der Waals surface area contributed by atoms with Crippen LogP contribution >= 0.6 is 0 Å². The van der Waals surface area contributed by atoms with Gasteiger partial charge in [0.2, 0.25) is 0 Å². The lowest BCUT2D eigenvalue weighted by atomic mass is 10.1. The van der Waals surface area contributed by atoms with Crippen molar-refractivity contribution in [1.82, 2.24) is 0 Å². The maximum Gasteiger partial charge on any atom is 0.338 e.